The van der Waals surface area contributed by atoms with Crippen LogP contribution in [0.2, 0.25) is 0 Å². The SMILES string of the molecule is CC1=CCc2ccc3c(c21)-c1c(ccc2ccc(C)[n+](C)c12)C3. The summed E-state index contributed by atoms with van der Waals surface area (Å²) in [7, 11) is 2.20. The fraction of sp³-hybridized carbons (Fsp3) is 0.227. The summed E-state index contributed by atoms with van der Waals surface area (Å²) < 4.78 is 2.36. The van der Waals surface area contributed by atoms with Gasteiger partial charge < -0.3 is 0 Å². The molecule has 0 radical (unpaired) electrons. The summed E-state index contributed by atoms with van der Waals surface area (Å²) in [6, 6.07) is 13.8. The van der Waals surface area contributed by atoms with Crippen molar-refractivity contribution in [3.8, 4) is 11.1 Å². The molecule has 3 aromatic rings. The van der Waals surface area contributed by atoms with E-state index in [1.54, 1.807) is 0 Å². The van der Waals surface area contributed by atoms with Crippen molar-refractivity contribution < 1.29 is 4.57 Å². The Morgan fingerprint density at radius 2 is 1.48 bits per heavy atom. The van der Waals surface area contributed by atoms with Crippen molar-refractivity contribution in [1.82, 2.24) is 0 Å². The predicted octanol–water partition coefficient (Wildman–Crippen LogP) is 4.50. The predicted molar refractivity (Wildman–Crippen MR) is 95.5 cm³/mol. The summed E-state index contributed by atoms with van der Waals surface area (Å²) in [4.78, 5) is 0. The number of fused-ring (bicyclic) bond motifs is 7. The fourth-order valence-corrected chi connectivity index (χ4v) is 4.38. The van der Waals surface area contributed by atoms with Gasteiger partial charge in [-0.3, -0.25) is 0 Å². The quantitative estimate of drug-likeness (QED) is 0.421. The normalized spacial score (nSPS) is 14.7. The second kappa shape index (κ2) is 4.32. The first kappa shape index (κ1) is 13.1. The second-order valence-electron chi connectivity index (χ2n) is 6.97. The number of aromatic nitrogens is 1. The lowest BCUT2D eigenvalue weighted by Crippen LogP contribution is -2.33. The third-order valence-corrected chi connectivity index (χ3v) is 5.70. The van der Waals surface area contributed by atoms with E-state index >= 15 is 0 Å². The van der Waals surface area contributed by atoms with Crippen LogP contribution >= 0.6 is 0 Å². The Hall–Kier alpha value is -2.41. The van der Waals surface area contributed by atoms with Crippen LogP contribution in [-0.2, 0) is 19.9 Å². The molecule has 0 spiro atoms. The Labute approximate surface area is 136 Å². The van der Waals surface area contributed by atoms with E-state index in [0.29, 0.717) is 0 Å². The van der Waals surface area contributed by atoms with E-state index in [-0.39, 0.29) is 0 Å². The van der Waals surface area contributed by atoms with Crippen molar-refractivity contribution in [2.24, 2.45) is 7.05 Å². The number of allylic oxidation sites excluding steroid dienone is 2. The van der Waals surface area contributed by atoms with E-state index < -0.39 is 0 Å². The molecule has 0 atom stereocenters. The largest absolute Gasteiger partial charge is 0.220 e. The van der Waals surface area contributed by atoms with Gasteiger partial charge >= 0.3 is 0 Å². The minimum Gasteiger partial charge on any atom is -0.198 e. The van der Waals surface area contributed by atoms with Crippen LogP contribution in [0.4, 0.5) is 0 Å². The smallest absolute Gasteiger partial charge is 0.198 e. The van der Waals surface area contributed by atoms with Crippen LogP contribution in [0.15, 0.2) is 42.5 Å². The maximum atomic E-state index is 2.37. The average Bonchev–Trinajstić information content (AvgIpc) is 3.11. The molecule has 2 aliphatic rings. The minimum atomic E-state index is 1.06. The number of benzene rings is 2. The summed E-state index contributed by atoms with van der Waals surface area (Å²) in [5, 5.41) is 1.34. The highest BCUT2D eigenvalue weighted by Crippen LogP contribution is 2.46. The van der Waals surface area contributed by atoms with Crippen LogP contribution in [0.1, 0.15) is 34.9 Å². The number of hydrogen-bond acceptors (Lipinski definition) is 0. The highest BCUT2D eigenvalue weighted by atomic mass is 14.9. The summed E-state index contributed by atoms with van der Waals surface area (Å²) in [6.07, 6.45) is 4.52. The maximum absolute atomic E-state index is 2.37. The van der Waals surface area contributed by atoms with E-state index in [1.807, 2.05) is 0 Å². The molecule has 0 saturated carbocycles. The molecule has 23 heavy (non-hydrogen) atoms. The first-order valence-electron chi connectivity index (χ1n) is 8.38. The number of aryl methyl sites for hydroxylation is 2. The number of nitrogens with zero attached hydrogens (tertiary/aromatic N) is 1. The molecule has 0 amide bonds. The second-order valence-corrected chi connectivity index (χ2v) is 6.97. The molecular formula is C22H20N+. The van der Waals surface area contributed by atoms with Crippen molar-refractivity contribution >= 4 is 16.5 Å². The lowest BCUT2D eigenvalue weighted by molar-refractivity contribution is -0.651. The van der Waals surface area contributed by atoms with Crippen LogP contribution in [0.3, 0.4) is 0 Å². The van der Waals surface area contributed by atoms with Gasteiger partial charge in [0.2, 0.25) is 5.52 Å². The van der Waals surface area contributed by atoms with Crippen LogP contribution in [0.25, 0.3) is 27.6 Å². The molecule has 0 aliphatic heterocycles. The van der Waals surface area contributed by atoms with Gasteiger partial charge in [0.15, 0.2) is 5.69 Å². The summed E-state index contributed by atoms with van der Waals surface area (Å²) in [5.41, 5.74) is 13.0. The van der Waals surface area contributed by atoms with E-state index in [2.05, 4.69) is 67.9 Å². The van der Waals surface area contributed by atoms with Crippen molar-refractivity contribution in [2.45, 2.75) is 26.7 Å². The van der Waals surface area contributed by atoms with Gasteiger partial charge in [-0.05, 0) is 65.3 Å². The maximum Gasteiger partial charge on any atom is 0.220 e. The van der Waals surface area contributed by atoms with Gasteiger partial charge in [-0.1, -0.05) is 24.3 Å². The Morgan fingerprint density at radius 3 is 2.35 bits per heavy atom. The Bertz CT molecular complexity index is 1040. The topological polar surface area (TPSA) is 3.88 Å². The van der Waals surface area contributed by atoms with Gasteiger partial charge in [-0.25, -0.2) is 0 Å². The molecule has 1 aromatic heterocycles. The van der Waals surface area contributed by atoms with E-state index in [1.165, 1.54) is 55.6 Å². The third-order valence-electron chi connectivity index (χ3n) is 5.70. The Kier molecular flexibility index (Phi) is 2.45. The monoisotopic (exact) mass is 298 g/mol. The molecule has 0 bridgehead atoms. The Morgan fingerprint density at radius 1 is 0.783 bits per heavy atom. The molecule has 1 heteroatoms. The first-order chi connectivity index (χ1) is 11.1. The molecule has 5 rings (SSSR count). The van der Waals surface area contributed by atoms with Gasteiger partial charge in [0.1, 0.15) is 7.05 Å². The molecular weight excluding hydrogens is 278 g/mol. The summed E-state index contributed by atoms with van der Waals surface area (Å²) in [6.45, 7) is 4.45. The molecule has 2 aromatic carbocycles. The first-order valence-corrected chi connectivity index (χ1v) is 8.38. The lowest BCUT2D eigenvalue weighted by Gasteiger charge is -2.12. The molecule has 112 valence electrons. The highest BCUT2D eigenvalue weighted by molar-refractivity contribution is 6.01. The van der Waals surface area contributed by atoms with Crippen molar-refractivity contribution in [3.63, 3.8) is 0 Å². The lowest BCUT2D eigenvalue weighted by atomic mass is 9.92. The highest BCUT2D eigenvalue weighted by Gasteiger charge is 2.30. The minimum absolute atomic E-state index is 1.06. The van der Waals surface area contributed by atoms with Gasteiger partial charge in [-0.15, -0.1) is 0 Å². The van der Waals surface area contributed by atoms with Gasteiger partial charge in [-0.2, -0.15) is 4.57 Å². The van der Waals surface area contributed by atoms with E-state index in [9.17, 15) is 0 Å². The molecule has 0 fully saturated rings. The standard InChI is InChI=1S/C22H20N/c1-13-4-6-15-8-10-17-12-18-11-9-16-7-5-14(2)23(3)22(16)21(18)20(17)19(13)15/h4-5,7-11H,6,12H2,1-3H3/q+1. The molecule has 0 unspecified atom stereocenters. The van der Waals surface area contributed by atoms with Crippen LogP contribution < -0.4 is 4.57 Å². The molecule has 0 N–H and O–H groups in total. The summed E-state index contributed by atoms with van der Waals surface area (Å²) in [5.74, 6) is 0. The van der Waals surface area contributed by atoms with Crippen LogP contribution in [0.5, 0.6) is 0 Å². The number of rotatable bonds is 0. The zero-order valence-corrected chi connectivity index (χ0v) is 13.9. The van der Waals surface area contributed by atoms with Gasteiger partial charge in [0.25, 0.3) is 0 Å². The van der Waals surface area contributed by atoms with Crippen molar-refractivity contribution in [3.05, 3.63) is 70.4 Å². The summed E-state index contributed by atoms with van der Waals surface area (Å²) >= 11 is 0. The van der Waals surface area contributed by atoms with E-state index in [0.717, 1.165) is 12.8 Å². The van der Waals surface area contributed by atoms with Crippen molar-refractivity contribution in [1.29, 1.82) is 0 Å². The zero-order valence-electron chi connectivity index (χ0n) is 13.9. The number of pyridine rings is 1. The third kappa shape index (κ3) is 1.60. The van der Waals surface area contributed by atoms with Crippen LogP contribution in [0, 0.1) is 6.92 Å². The molecule has 0 saturated heterocycles. The fourth-order valence-electron chi connectivity index (χ4n) is 4.38. The van der Waals surface area contributed by atoms with Crippen molar-refractivity contribution in [2.75, 3.05) is 0 Å². The van der Waals surface area contributed by atoms with Gasteiger partial charge in [0.05, 0.1) is 5.56 Å². The molecule has 2 aliphatic carbocycles. The van der Waals surface area contributed by atoms with E-state index in [4.69, 9.17) is 0 Å². The average molecular weight is 298 g/mol. The zero-order chi connectivity index (χ0) is 15.7. The molecule has 1 heterocycles. The van der Waals surface area contributed by atoms with Gasteiger partial charge in [0, 0.05) is 18.4 Å². The number of hydrogen-bond donors (Lipinski definition) is 0. The Balaban J connectivity index is 1.98. The molecule has 1 nitrogen and oxygen atoms in total. The van der Waals surface area contributed by atoms with Crippen LogP contribution in [-0.4, -0.2) is 0 Å².